The van der Waals surface area contributed by atoms with E-state index in [9.17, 15) is 9.59 Å². The lowest BCUT2D eigenvalue weighted by atomic mass is 10.0. The zero-order valence-electron chi connectivity index (χ0n) is 12.1. The number of rotatable bonds is 9. The Balaban J connectivity index is 4.52. The van der Waals surface area contributed by atoms with Gasteiger partial charge in [0.05, 0.1) is 0 Å². The van der Waals surface area contributed by atoms with Gasteiger partial charge in [0, 0.05) is 26.1 Å². The highest BCUT2D eigenvalue weighted by atomic mass is 16.4. The molecule has 0 aliphatic heterocycles. The van der Waals surface area contributed by atoms with Crippen LogP contribution in [0.2, 0.25) is 0 Å². The summed E-state index contributed by atoms with van der Waals surface area (Å²) in [6, 6.07) is -1.41. The fraction of sp³-hybridized carbons (Fsp3) is 0.846. The summed E-state index contributed by atoms with van der Waals surface area (Å²) in [5.74, 6) is -0.701. The number of aliphatic hydroxyl groups is 1. The van der Waals surface area contributed by atoms with Crippen molar-refractivity contribution in [3.63, 3.8) is 0 Å². The van der Waals surface area contributed by atoms with E-state index in [2.05, 4.69) is 19.2 Å². The summed E-state index contributed by atoms with van der Waals surface area (Å²) in [6.07, 6.45) is 1.99. The Labute approximate surface area is 114 Å². The van der Waals surface area contributed by atoms with Gasteiger partial charge in [0.1, 0.15) is 6.04 Å². The molecule has 2 amide bonds. The molecule has 0 rings (SSSR count). The third-order valence-corrected chi connectivity index (χ3v) is 3.32. The number of carbonyl (C=O) groups is 2. The fourth-order valence-electron chi connectivity index (χ4n) is 1.84. The zero-order valence-corrected chi connectivity index (χ0v) is 12.1. The maximum Gasteiger partial charge on any atom is 0.326 e. The molecule has 0 aliphatic rings. The van der Waals surface area contributed by atoms with Crippen molar-refractivity contribution in [1.29, 1.82) is 0 Å². The molecule has 0 aromatic heterocycles. The van der Waals surface area contributed by atoms with Gasteiger partial charge in [-0.1, -0.05) is 26.7 Å². The third kappa shape index (κ3) is 6.42. The number of carboxylic acids is 1. The van der Waals surface area contributed by atoms with Crippen molar-refractivity contribution in [3.8, 4) is 0 Å². The van der Waals surface area contributed by atoms with Gasteiger partial charge in [-0.05, 0) is 12.8 Å². The van der Waals surface area contributed by atoms with Crippen molar-refractivity contribution in [2.45, 2.75) is 46.1 Å². The first-order valence-electron chi connectivity index (χ1n) is 6.89. The summed E-state index contributed by atoms with van der Waals surface area (Å²) < 4.78 is 0. The summed E-state index contributed by atoms with van der Waals surface area (Å²) in [6.45, 7) is 6.91. The van der Waals surface area contributed by atoms with E-state index in [0.717, 1.165) is 12.8 Å². The number of carbonyl (C=O) groups excluding carboxylic acids is 1. The first-order valence-corrected chi connectivity index (χ1v) is 6.89. The van der Waals surface area contributed by atoms with Crippen molar-refractivity contribution in [1.82, 2.24) is 10.2 Å². The van der Waals surface area contributed by atoms with Gasteiger partial charge in [-0.25, -0.2) is 9.59 Å². The summed E-state index contributed by atoms with van der Waals surface area (Å²) in [7, 11) is 0. The molecule has 0 aromatic rings. The van der Waals surface area contributed by atoms with Crippen molar-refractivity contribution in [2.24, 2.45) is 5.92 Å². The highest BCUT2D eigenvalue weighted by molar-refractivity contribution is 5.82. The Morgan fingerprint density at radius 1 is 1.21 bits per heavy atom. The van der Waals surface area contributed by atoms with E-state index in [1.165, 1.54) is 0 Å². The van der Waals surface area contributed by atoms with Gasteiger partial charge in [0.25, 0.3) is 0 Å². The molecule has 0 saturated heterocycles. The zero-order chi connectivity index (χ0) is 14.8. The Hall–Kier alpha value is -1.30. The van der Waals surface area contributed by atoms with Crippen molar-refractivity contribution < 1.29 is 19.8 Å². The highest BCUT2D eigenvalue weighted by Gasteiger charge is 2.23. The second kappa shape index (κ2) is 9.61. The number of amides is 2. The predicted molar refractivity (Wildman–Crippen MR) is 73.0 cm³/mol. The van der Waals surface area contributed by atoms with Crippen LogP contribution in [0.4, 0.5) is 4.79 Å². The van der Waals surface area contributed by atoms with Crippen LogP contribution in [0.25, 0.3) is 0 Å². The SMILES string of the molecule is CCC(CC)CN(CC)C(=O)N[C@H](CCO)C(=O)O. The third-order valence-electron chi connectivity index (χ3n) is 3.32. The molecule has 0 saturated carbocycles. The van der Waals surface area contributed by atoms with Gasteiger partial charge in [-0.15, -0.1) is 0 Å². The second-order valence-electron chi connectivity index (χ2n) is 4.57. The topological polar surface area (TPSA) is 89.9 Å². The van der Waals surface area contributed by atoms with Gasteiger partial charge in [0.15, 0.2) is 0 Å². The molecule has 19 heavy (non-hydrogen) atoms. The molecular weight excluding hydrogens is 248 g/mol. The number of aliphatic carboxylic acids is 1. The van der Waals surface area contributed by atoms with E-state index in [-0.39, 0.29) is 19.1 Å². The second-order valence-corrected chi connectivity index (χ2v) is 4.57. The Morgan fingerprint density at radius 3 is 2.16 bits per heavy atom. The fourth-order valence-corrected chi connectivity index (χ4v) is 1.84. The van der Waals surface area contributed by atoms with E-state index in [0.29, 0.717) is 19.0 Å². The Kier molecular flexibility index (Phi) is 8.95. The van der Waals surface area contributed by atoms with Crippen molar-refractivity contribution in [2.75, 3.05) is 19.7 Å². The smallest absolute Gasteiger partial charge is 0.326 e. The monoisotopic (exact) mass is 274 g/mol. The number of hydrogen-bond donors (Lipinski definition) is 3. The molecule has 1 atom stereocenters. The molecule has 0 unspecified atom stereocenters. The molecule has 0 radical (unpaired) electrons. The average Bonchev–Trinajstić information content (AvgIpc) is 2.39. The number of nitrogens with one attached hydrogen (secondary N) is 1. The van der Waals surface area contributed by atoms with Crippen LogP contribution in [0, 0.1) is 5.92 Å². The number of aliphatic hydroxyl groups excluding tert-OH is 1. The first kappa shape index (κ1) is 17.7. The quantitative estimate of drug-likeness (QED) is 0.591. The lowest BCUT2D eigenvalue weighted by molar-refractivity contribution is -0.139. The van der Waals surface area contributed by atoms with Crippen LogP contribution in [-0.2, 0) is 4.79 Å². The van der Waals surface area contributed by atoms with Crippen LogP contribution in [0.3, 0.4) is 0 Å². The Morgan fingerprint density at radius 2 is 1.79 bits per heavy atom. The van der Waals surface area contributed by atoms with Crippen LogP contribution >= 0.6 is 0 Å². The molecule has 0 heterocycles. The van der Waals surface area contributed by atoms with Crippen LogP contribution in [-0.4, -0.2) is 52.9 Å². The average molecular weight is 274 g/mol. The van der Waals surface area contributed by atoms with Crippen LogP contribution in [0.15, 0.2) is 0 Å². The Bertz CT molecular complexity index is 280. The summed E-state index contributed by atoms with van der Waals surface area (Å²) in [5.41, 5.74) is 0. The van der Waals surface area contributed by atoms with E-state index < -0.39 is 12.0 Å². The van der Waals surface area contributed by atoms with Gasteiger partial charge in [-0.3, -0.25) is 0 Å². The molecule has 0 aliphatic carbocycles. The largest absolute Gasteiger partial charge is 0.480 e. The molecule has 3 N–H and O–H groups in total. The van der Waals surface area contributed by atoms with Gasteiger partial charge < -0.3 is 20.4 Å². The van der Waals surface area contributed by atoms with Gasteiger partial charge in [-0.2, -0.15) is 0 Å². The normalized spacial score (nSPS) is 12.3. The molecular formula is C13H26N2O4. The number of nitrogens with zero attached hydrogens (tertiary/aromatic N) is 1. The number of carboxylic acid groups (broad SMARTS) is 1. The van der Waals surface area contributed by atoms with Gasteiger partial charge in [0.2, 0.25) is 0 Å². The van der Waals surface area contributed by atoms with Crippen LogP contribution in [0.5, 0.6) is 0 Å². The lowest BCUT2D eigenvalue weighted by Crippen LogP contribution is -2.49. The highest BCUT2D eigenvalue weighted by Crippen LogP contribution is 2.10. The minimum absolute atomic E-state index is 0.0175. The van der Waals surface area contributed by atoms with Crippen LogP contribution in [0.1, 0.15) is 40.0 Å². The lowest BCUT2D eigenvalue weighted by Gasteiger charge is -2.27. The minimum Gasteiger partial charge on any atom is -0.480 e. The van der Waals surface area contributed by atoms with Crippen LogP contribution < -0.4 is 5.32 Å². The molecule has 6 nitrogen and oxygen atoms in total. The maximum absolute atomic E-state index is 12.0. The first-order chi connectivity index (χ1) is 8.99. The molecule has 0 spiro atoms. The standard InChI is InChI=1S/C13H26N2O4/c1-4-10(5-2)9-15(6-3)13(19)14-11(7-8-16)12(17)18/h10-11,16H,4-9H2,1-3H3,(H,14,19)(H,17,18)/t11-/m1/s1. The van der Waals surface area contributed by atoms with E-state index in [4.69, 9.17) is 10.2 Å². The molecule has 0 bridgehead atoms. The maximum atomic E-state index is 12.0. The number of hydrogen-bond acceptors (Lipinski definition) is 3. The molecule has 6 heteroatoms. The predicted octanol–water partition coefficient (Wildman–Crippen LogP) is 1.29. The van der Waals surface area contributed by atoms with Crippen molar-refractivity contribution in [3.05, 3.63) is 0 Å². The summed E-state index contributed by atoms with van der Waals surface area (Å²) in [5, 5.41) is 20.2. The molecule has 112 valence electrons. The van der Waals surface area contributed by atoms with E-state index >= 15 is 0 Å². The van der Waals surface area contributed by atoms with E-state index in [1.54, 1.807) is 4.90 Å². The van der Waals surface area contributed by atoms with Gasteiger partial charge >= 0.3 is 12.0 Å². The molecule has 0 fully saturated rings. The number of urea groups is 1. The summed E-state index contributed by atoms with van der Waals surface area (Å²) in [4.78, 5) is 24.5. The van der Waals surface area contributed by atoms with Crippen molar-refractivity contribution >= 4 is 12.0 Å². The molecule has 0 aromatic carbocycles. The van der Waals surface area contributed by atoms with E-state index in [1.807, 2.05) is 6.92 Å². The minimum atomic E-state index is -1.12. The summed E-state index contributed by atoms with van der Waals surface area (Å²) >= 11 is 0.